The Balaban J connectivity index is 2.38. The number of anilines is 1. The zero-order valence-corrected chi connectivity index (χ0v) is 15.0. The monoisotopic (exact) mass is 364 g/mol. The second-order valence-electron chi connectivity index (χ2n) is 6.13. The van der Waals surface area contributed by atoms with Gasteiger partial charge in [-0.25, -0.2) is 9.67 Å². The lowest BCUT2D eigenvalue weighted by Crippen LogP contribution is -2.24. The molecule has 3 rings (SSSR count). The summed E-state index contributed by atoms with van der Waals surface area (Å²) < 4.78 is 1.37. The quantitative estimate of drug-likeness (QED) is 0.468. The van der Waals surface area contributed by atoms with Crippen molar-refractivity contribution in [3.05, 3.63) is 52.8 Å². The first kappa shape index (κ1) is 18.1. The molecule has 1 aromatic carbocycles. The molecule has 0 fully saturated rings. The lowest BCUT2D eigenvalue weighted by Gasteiger charge is -2.14. The Morgan fingerprint density at radius 1 is 1.07 bits per heavy atom. The van der Waals surface area contributed by atoms with Crippen LogP contribution in [0.25, 0.3) is 22.5 Å². The van der Waals surface area contributed by atoms with E-state index >= 15 is 0 Å². The Morgan fingerprint density at radius 2 is 1.78 bits per heavy atom. The van der Waals surface area contributed by atoms with Crippen LogP contribution in [0.4, 0.5) is 11.8 Å². The lowest BCUT2D eigenvalue weighted by molar-refractivity contribution is 0.505. The van der Waals surface area contributed by atoms with Crippen molar-refractivity contribution in [2.24, 2.45) is 16.5 Å². The van der Waals surface area contributed by atoms with Crippen LogP contribution in [-0.4, -0.2) is 25.7 Å². The minimum absolute atomic E-state index is 0.0229. The van der Waals surface area contributed by atoms with E-state index in [9.17, 15) is 4.79 Å². The van der Waals surface area contributed by atoms with Gasteiger partial charge in [-0.15, -0.1) is 0 Å². The largest absolute Gasteiger partial charge is 0.370 e. The molecule has 2 heterocycles. The first-order valence-corrected chi connectivity index (χ1v) is 8.29. The summed E-state index contributed by atoms with van der Waals surface area (Å²) in [6, 6.07) is 12.3. The minimum atomic E-state index is -0.213. The molecule has 0 radical (unpaired) electrons. The molecule has 27 heavy (non-hydrogen) atoms. The fraction of sp³-hybridized carbons (Fsp3) is 0.167. The maximum Gasteiger partial charge on any atom is 0.267 e. The predicted molar refractivity (Wildman–Crippen MR) is 105 cm³/mol. The molecule has 6 N–H and O–H groups in total. The number of rotatable bonds is 4. The van der Waals surface area contributed by atoms with Crippen molar-refractivity contribution in [2.45, 2.75) is 19.9 Å². The normalized spacial score (nSPS) is 10.8. The van der Waals surface area contributed by atoms with Gasteiger partial charge >= 0.3 is 0 Å². The van der Waals surface area contributed by atoms with Crippen LogP contribution in [0, 0.1) is 0 Å². The molecule has 2 aromatic heterocycles. The third-order valence-corrected chi connectivity index (χ3v) is 3.76. The summed E-state index contributed by atoms with van der Waals surface area (Å²) in [5, 5.41) is 4.46. The van der Waals surface area contributed by atoms with Crippen molar-refractivity contribution >= 4 is 17.7 Å². The van der Waals surface area contributed by atoms with Crippen molar-refractivity contribution in [2.75, 3.05) is 5.73 Å². The van der Waals surface area contributed by atoms with Gasteiger partial charge in [-0.05, 0) is 19.9 Å². The third-order valence-electron chi connectivity index (χ3n) is 3.76. The second-order valence-corrected chi connectivity index (χ2v) is 6.13. The summed E-state index contributed by atoms with van der Waals surface area (Å²) in [7, 11) is 0. The highest BCUT2D eigenvalue weighted by molar-refractivity contribution is 5.89. The average Bonchev–Trinajstić information content (AvgIpc) is 2.62. The molecule has 0 aliphatic rings. The first-order chi connectivity index (χ1) is 12.9. The van der Waals surface area contributed by atoms with Crippen molar-refractivity contribution in [1.29, 1.82) is 0 Å². The molecule has 0 spiro atoms. The molecular weight excluding hydrogens is 344 g/mol. The summed E-state index contributed by atoms with van der Waals surface area (Å²) >= 11 is 0. The van der Waals surface area contributed by atoms with Crippen LogP contribution in [0.1, 0.15) is 19.9 Å². The second kappa shape index (κ2) is 7.24. The molecule has 9 heteroatoms. The minimum Gasteiger partial charge on any atom is -0.370 e. The van der Waals surface area contributed by atoms with Crippen molar-refractivity contribution in [3.63, 3.8) is 0 Å². The summed E-state index contributed by atoms with van der Waals surface area (Å²) in [5.74, 6) is 0.0307. The van der Waals surface area contributed by atoms with Gasteiger partial charge in [0, 0.05) is 11.6 Å². The Morgan fingerprint density at radius 3 is 2.41 bits per heavy atom. The molecule has 0 aliphatic carbocycles. The van der Waals surface area contributed by atoms with E-state index in [4.69, 9.17) is 17.2 Å². The Hall–Kier alpha value is -3.75. The van der Waals surface area contributed by atoms with E-state index in [0.29, 0.717) is 17.0 Å². The van der Waals surface area contributed by atoms with Crippen LogP contribution in [-0.2, 0) is 0 Å². The zero-order chi connectivity index (χ0) is 19.6. The molecule has 0 amide bonds. The van der Waals surface area contributed by atoms with Gasteiger partial charge in [0.15, 0.2) is 11.8 Å². The van der Waals surface area contributed by atoms with Crippen molar-refractivity contribution in [3.8, 4) is 22.5 Å². The van der Waals surface area contributed by atoms with E-state index in [2.05, 4.69) is 20.1 Å². The van der Waals surface area contributed by atoms with E-state index in [0.717, 1.165) is 5.56 Å². The Labute approximate surface area is 155 Å². The van der Waals surface area contributed by atoms with Gasteiger partial charge in [-0.2, -0.15) is 15.1 Å². The number of nitrogens with zero attached hydrogens (tertiary/aromatic N) is 5. The average molecular weight is 364 g/mol. The van der Waals surface area contributed by atoms with E-state index in [1.165, 1.54) is 10.7 Å². The summed E-state index contributed by atoms with van der Waals surface area (Å²) in [6.07, 6.45) is 0. The number of guanidine groups is 1. The number of aliphatic imine (C=N–C) groups is 1. The highest BCUT2D eigenvalue weighted by Crippen LogP contribution is 2.36. The van der Waals surface area contributed by atoms with E-state index < -0.39 is 0 Å². The predicted octanol–water partition coefficient (Wildman–Crippen LogP) is 1.44. The number of aromatic nitrogens is 4. The summed E-state index contributed by atoms with van der Waals surface area (Å²) in [5.41, 5.74) is 19.0. The smallest absolute Gasteiger partial charge is 0.267 e. The topological polar surface area (TPSA) is 151 Å². The van der Waals surface area contributed by atoms with E-state index in [1.54, 1.807) is 6.07 Å². The van der Waals surface area contributed by atoms with Gasteiger partial charge in [-0.3, -0.25) is 4.79 Å². The molecule has 0 aliphatic heterocycles. The van der Waals surface area contributed by atoms with Crippen LogP contribution in [0.5, 0.6) is 0 Å². The lowest BCUT2D eigenvalue weighted by atomic mass is 10.0. The Kier molecular flexibility index (Phi) is 4.84. The fourth-order valence-corrected chi connectivity index (χ4v) is 2.64. The molecule has 0 bridgehead atoms. The van der Waals surface area contributed by atoms with Gasteiger partial charge in [0.25, 0.3) is 5.56 Å². The molecule has 0 atom stereocenters. The maximum atomic E-state index is 12.1. The van der Waals surface area contributed by atoms with Crippen LogP contribution in [0.3, 0.4) is 0 Å². The van der Waals surface area contributed by atoms with Gasteiger partial charge < -0.3 is 17.2 Å². The highest BCUT2D eigenvalue weighted by Gasteiger charge is 2.19. The van der Waals surface area contributed by atoms with Crippen LogP contribution >= 0.6 is 0 Å². The molecule has 0 saturated carbocycles. The molecule has 9 nitrogen and oxygen atoms in total. The Bertz CT molecular complexity index is 1050. The maximum absolute atomic E-state index is 12.1. The number of hydrogen-bond donors (Lipinski definition) is 3. The van der Waals surface area contributed by atoms with Crippen LogP contribution in [0.15, 0.2) is 52.3 Å². The fourth-order valence-electron chi connectivity index (χ4n) is 2.64. The summed E-state index contributed by atoms with van der Waals surface area (Å²) in [6.45, 7) is 3.74. The highest BCUT2D eigenvalue weighted by atomic mass is 16.1. The van der Waals surface area contributed by atoms with Crippen molar-refractivity contribution < 1.29 is 0 Å². The number of benzene rings is 1. The van der Waals surface area contributed by atoms with Gasteiger partial charge in [-0.1, -0.05) is 30.3 Å². The molecule has 0 saturated heterocycles. The van der Waals surface area contributed by atoms with Crippen LogP contribution in [0.2, 0.25) is 0 Å². The standard InChI is InChI=1S/C18H20N8O/c1-10(2)26-13(27)9-8-12(25-26)14-15(11-6-4-3-5-7-11)22-18(21)24-16(14)23-17(19)20/h3-10H,1-2H3,(H6,19,20,21,22,23,24). The van der Waals surface area contributed by atoms with Gasteiger partial charge in [0.2, 0.25) is 5.95 Å². The molecular formula is C18H20N8O. The van der Waals surface area contributed by atoms with Crippen LogP contribution < -0.4 is 22.8 Å². The molecule has 3 aromatic rings. The van der Waals surface area contributed by atoms with Crippen molar-refractivity contribution in [1.82, 2.24) is 19.7 Å². The van der Waals surface area contributed by atoms with E-state index in [-0.39, 0.29) is 29.3 Å². The number of nitrogen functional groups attached to an aromatic ring is 1. The SMILES string of the molecule is CC(C)n1nc(-c2c(N=C(N)N)nc(N)nc2-c2ccccc2)ccc1=O. The third kappa shape index (κ3) is 3.76. The number of hydrogen-bond acceptors (Lipinski definition) is 6. The molecule has 138 valence electrons. The zero-order valence-electron chi connectivity index (χ0n) is 15.0. The van der Waals surface area contributed by atoms with Gasteiger partial charge in [0.1, 0.15) is 0 Å². The van der Waals surface area contributed by atoms with Gasteiger partial charge in [0.05, 0.1) is 23.0 Å². The van der Waals surface area contributed by atoms with E-state index in [1.807, 2.05) is 44.2 Å². The molecule has 0 unspecified atom stereocenters. The first-order valence-electron chi connectivity index (χ1n) is 8.29. The summed E-state index contributed by atoms with van der Waals surface area (Å²) in [4.78, 5) is 24.7. The number of nitrogens with two attached hydrogens (primary N) is 3.